The first-order valence-corrected chi connectivity index (χ1v) is 16.7. The molecule has 8 aromatic rings. The molecule has 2 heteroatoms. The maximum Gasteiger partial charge on any atom is 0.242 e. The first-order valence-electron chi connectivity index (χ1n) is 16.7. The average Bonchev–Trinajstić information content (AvgIpc) is 3.06. The Hall–Kier alpha value is -5.21. The van der Waals surface area contributed by atoms with Gasteiger partial charge in [-0.15, -0.1) is 0 Å². The number of benzene rings is 7. The van der Waals surface area contributed by atoms with Gasteiger partial charge >= 0.3 is 0 Å². The fraction of sp³-hybridized carbons (Fsp3) is 0.133. The van der Waals surface area contributed by atoms with Crippen LogP contribution in [0.2, 0.25) is 0 Å². The molecule has 0 aliphatic heterocycles. The molecule has 0 saturated heterocycles. The molecule has 47 heavy (non-hydrogen) atoms. The summed E-state index contributed by atoms with van der Waals surface area (Å²) < 4.78 is 0. The summed E-state index contributed by atoms with van der Waals surface area (Å²) in [6.45, 7) is 13.6. The number of pyridine rings is 1. The molecule has 0 radical (unpaired) electrons. The highest BCUT2D eigenvalue weighted by Crippen LogP contribution is 2.39. The summed E-state index contributed by atoms with van der Waals surface area (Å²) >= 11 is 0. The Labute approximate surface area is 278 Å². The van der Waals surface area contributed by atoms with Crippen molar-refractivity contribution in [2.24, 2.45) is 0 Å². The fourth-order valence-corrected chi connectivity index (χ4v) is 8.33. The summed E-state index contributed by atoms with van der Waals surface area (Å²) in [5, 5.41) is 8.57. The number of rotatable bonds is 4. The second kappa shape index (κ2) is 11.2. The molecule has 0 unspecified atom stereocenters. The zero-order chi connectivity index (χ0) is 32.4. The highest BCUT2D eigenvalue weighted by Gasteiger charge is 2.28. The number of fused-ring (bicyclic) bond motifs is 7. The lowest BCUT2D eigenvalue weighted by Gasteiger charge is -2.25. The number of aryl methyl sites for hydroxylation is 6. The van der Waals surface area contributed by atoms with Gasteiger partial charge in [0.1, 0.15) is 0 Å². The Morgan fingerprint density at radius 3 is 1.51 bits per heavy atom. The van der Waals surface area contributed by atoms with E-state index in [1.165, 1.54) is 87.5 Å². The summed E-state index contributed by atoms with van der Waals surface area (Å²) in [6.07, 6.45) is 0. The van der Waals surface area contributed by atoms with Crippen LogP contribution in [-0.2, 0) is 0 Å². The van der Waals surface area contributed by atoms with Crippen molar-refractivity contribution >= 4 is 66.3 Å². The lowest BCUT2D eigenvalue weighted by Crippen LogP contribution is -2.55. The smallest absolute Gasteiger partial charge is 0.242 e. The highest BCUT2D eigenvalue weighted by atomic mass is 14.7. The van der Waals surface area contributed by atoms with Crippen molar-refractivity contribution in [3.05, 3.63) is 155 Å². The van der Waals surface area contributed by atoms with Crippen LogP contribution >= 0.6 is 0 Å². The monoisotopic (exact) mass is 603 g/mol. The molecule has 8 rings (SSSR count). The van der Waals surface area contributed by atoms with Gasteiger partial charge < -0.3 is 0 Å². The van der Waals surface area contributed by atoms with E-state index in [-0.39, 0.29) is 6.71 Å². The molecule has 1 heterocycles. The van der Waals surface area contributed by atoms with E-state index < -0.39 is 0 Å². The van der Waals surface area contributed by atoms with E-state index in [1.807, 2.05) is 0 Å². The van der Waals surface area contributed by atoms with Gasteiger partial charge in [0.25, 0.3) is 0 Å². The Balaban J connectivity index is 1.38. The van der Waals surface area contributed by atoms with Crippen LogP contribution < -0.4 is 16.4 Å². The van der Waals surface area contributed by atoms with Crippen LogP contribution in [0.4, 0.5) is 0 Å². The molecule has 0 amide bonds. The highest BCUT2D eigenvalue weighted by molar-refractivity contribution is 6.96. The zero-order valence-electron chi connectivity index (χ0n) is 28.1. The van der Waals surface area contributed by atoms with Crippen molar-refractivity contribution in [1.82, 2.24) is 4.98 Å². The summed E-state index contributed by atoms with van der Waals surface area (Å²) in [7, 11) is 0. The lowest BCUT2D eigenvalue weighted by atomic mass is 9.34. The van der Waals surface area contributed by atoms with Gasteiger partial charge in [-0.25, -0.2) is 4.98 Å². The van der Waals surface area contributed by atoms with Gasteiger partial charge in [0.05, 0.1) is 11.2 Å². The lowest BCUT2D eigenvalue weighted by molar-refractivity contribution is 1.34. The van der Waals surface area contributed by atoms with Crippen molar-refractivity contribution in [3.8, 4) is 11.3 Å². The van der Waals surface area contributed by atoms with Crippen molar-refractivity contribution in [1.29, 1.82) is 0 Å². The Morgan fingerprint density at radius 2 is 0.936 bits per heavy atom. The molecule has 0 aliphatic rings. The molecule has 226 valence electrons. The minimum Gasteiger partial charge on any atom is -0.246 e. The first kappa shape index (κ1) is 29.2. The first-order chi connectivity index (χ1) is 22.8. The number of hydrogen-bond acceptors (Lipinski definition) is 1. The van der Waals surface area contributed by atoms with Gasteiger partial charge in [0, 0.05) is 27.1 Å². The number of aromatic nitrogens is 1. The van der Waals surface area contributed by atoms with Crippen molar-refractivity contribution < 1.29 is 0 Å². The molecule has 0 bridgehead atoms. The van der Waals surface area contributed by atoms with Gasteiger partial charge in [0.15, 0.2) is 0 Å². The molecule has 1 nitrogen and oxygen atoms in total. The molecule has 0 atom stereocenters. The second-order valence-electron chi connectivity index (χ2n) is 13.5. The summed E-state index contributed by atoms with van der Waals surface area (Å²) in [5.41, 5.74) is 15.3. The molecule has 0 spiro atoms. The molecular formula is C45H38BN. The third-order valence-corrected chi connectivity index (χ3v) is 10.1. The van der Waals surface area contributed by atoms with Crippen molar-refractivity contribution in [2.75, 3.05) is 0 Å². The molecule has 0 saturated carbocycles. The van der Waals surface area contributed by atoms with Gasteiger partial charge in [-0.3, -0.25) is 0 Å². The van der Waals surface area contributed by atoms with E-state index in [4.69, 9.17) is 4.98 Å². The van der Waals surface area contributed by atoms with E-state index in [9.17, 15) is 0 Å². The van der Waals surface area contributed by atoms with Crippen LogP contribution in [-0.4, -0.2) is 11.7 Å². The Bertz CT molecular complexity index is 2420. The van der Waals surface area contributed by atoms with E-state index in [0.29, 0.717) is 0 Å². The molecule has 0 aliphatic carbocycles. The molecular weight excluding hydrogens is 565 g/mol. The fourth-order valence-electron chi connectivity index (χ4n) is 8.33. The Morgan fingerprint density at radius 1 is 0.447 bits per heavy atom. The van der Waals surface area contributed by atoms with E-state index in [2.05, 4.69) is 163 Å². The molecule has 0 N–H and O–H groups in total. The predicted molar refractivity (Wildman–Crippen MR) is 206 cm³/mol. The van der Waals surface area contributed by atoms with Gasteiger partial charge in [-0.1, -0.05) is 171 Å². The van der Waals surface area contributed by atoms with Crippen molar-refractivity contribution in [2.45, 2.75) is 41.5 Å². The van der Waals surface area contributed by atoms with E-state index >= 15 is 0 Å². The van der Waals surface area contributed by atoms with Crippen LogP contribution in [0.25, 0.3) is 54.5 Å². The van der Waals surface area contributed by atoms with Crippen LogP contribution in [0.3, 0.4) is 0 Å². The van der Waals surface area contributed by atoms with Crippen molar-refractivity contribution in [3.63, 3.8) is 0 Å². The minimum absolute atomic E-state index is 0.138. The maximum atomic E-state index is 5.48. The zero-order valence-corrected chi connectivity index (χ0v) is 28.1. The SMILES string of the molecule is Cc1cc(C)c(B(c2ccc(-c3nc4c5ccccc5ccc4c4c3ccc3ccccc34)cc2)c2c(C)cc(C)cc2C)c(C)c1. The average molecular weight is 604 g/mol. The van der Waals surface area contributed by atoms with Gasteiger partial charge in [-0.05, 0) is 57.7 Å². The topological polar surface area (TPSA) is 12.9 Å². The van der Waals surface area contributed by atoms with Crippen LogP contribution in [0.5, 0.6) is 0 Å². The second-order valence-corrected chi connectivity index (χ2v) is 13.5. The maximum absolute atomic E-state index is 5.48. The normalized spacial score (nSPS) is 11.6. The molecule has 1 aromatic heterocycles. The summed E-state index contributed by atoms with van der Waals surface area (Å²) in [4.78, 5) is 5.48. The summed E-state index contributed by atoms with van der Waals surface area (Å²) in [5.74, 6) is 0. The Kier molecular flexibility index (Phi) is 6.99. The summed E-state index contributed by atoms with van der Waals surface area (Å²) in [6, 6.07) is 45.0. The third-order valence-electron chi connectivity index (χ3n) is 10.1. The van der Waals surface area contributed by atoms with Gasteiger partial charge in [-0.2, -0.15) is 0 Å². The number of nitrogens with zero attached hydrogens (tertiary/aromatic N) is 1. The van der Waals surface area contributed by atoms with E-state index in [0.717, 1.165) is 16.8 Å². The van der Waals surface area contributed by atoms with Gasteiger partial charge in [0.2, 0.25) is 6.71 Å². The third kappa shape index (κ3) is 4.83. The predicted octanol–water partition coefficient (Wildman–Crippen LogP) is 9.73. The molecule has 0 fully saturated rings. The van der Waals surface area contributed by atoms with Crippen LogP contribution in [0.1, 0.15) is 33.4 Å². The molecule has 7 aromatic carbocycles. The van der Waals surface area contributed by atoms with Crippen LogP contribution in [0.15, 0.2) is 121 Å². The largest absolute Gasteiger partial charge is 0.246 e. The van der Waals surface area contributed by atoms with E-state index in [1.54, 1.807) is 0 Å². The minimum atomic E-state index is 0.138. The quantitative estimate of drug-likeness (QED) is 0.144. The number of hydrogen-bond donors (Lipinski definition) is 0. The standard InChI is InChI=1S/C45H38BN/c1-27-23-29(3)42(30(4)24-27)46(43-31(5)25-28(2)26-32(43)6)36-19-15-35(16-20-36)44-39-21-17-33-11-7-9-13-37(33)41(39)40-22-18-34-12-8-10-14-38(34)45(40)47-44/h7-26H,1-6H3. The van der Waals surface area contributed by atoms with Crippen LogP contribution in [0, 0.1) is 41.5 Å².